The van der Waals surface area contributed by atoms with Crippen LogP contribution in [-0.4, -0.2) is 43.2 Å². The van der Waals surface area contributed by atoms with Gasteiger partial charge in [0.2, 0.25) is 0 Å². The number of pyridine rings is 1. The summed E-state index contributed by atoms with van der Waals surface area (Å²) in [5.74, 6) is 1.20. The zero-order valence-electron chi connectivity index (χ0n) is 19.1. The fourth-order valence-corrected chi connectivity index (χ4v) is 5.65. The zero-order valence-corrected chi connectivity index (χ0v) is 19.1. The van der Waals surface area contributed by atoms with Gasteiger partial charge in [-0.25, -0.2) is 9.61 Å². The third-order valence-electron chi connectivity index (χ3n) is 7.27. The monoisotopic (exact) mass is 457 g/mol. The molecule has 1 aromatic carbocycles. The molecule has 0 radical (unpaired) electrons. The van der Waals surface area contributed by atoms with Crippen LogP contribution in [0.2, 0.25) is 0 Å². The lowest BCUT2D eigenvalue weighted by Crippen LogP contribution is -2.47. The molecule has 0 saturated carbocycles. The minimum absolute atomic E-state index is 0.0620. The van der Waals surface area contributed by atoms with Crippen LogP contribution in [0.15, 0.2) is 53.4 Å². The van der Waals surface area contributed by atoms with Crippen LogP contribution in [0.4, 0.5) is 0 Å². The minimum Gasteiger partial charge on any atom is -0.486 e. The van der Waals surface area contributed by atoms with Gasteiger partial charge >= 0.3 is 0 Å². The van der Waals surface area contributed by atoms with Gasteiger partial charge in [0.25, 0.3) is 5.91 Å². The first-order valence-corrected chi connectivity index (χ1v) is 11.9. The summed E-state index contributed by atoms with van der Waals surface area (Å²) in [5, 5.41) is 8.82. The highest BCUT2D eigenvalue weighted by Crippen LogP contribution is 2.41. The predicted molar refractivity (Wildman–Crippen MR) is 125 cm³/mol. The molecule has 2 saturated heterocycles. The second-order valence-corrected chi connectivity index (χ2v) is 9.48. The van der Waals surface area contributed by atoms with E-state index in [0.29, 0.717) is 28.6 Å². The number of hydrogen-bond donors (Lipinski definition) is 1. The largest absolute Gasteiger partial charge is 0.486 e. The molecule has 2 aliphatic heterocycles. The summed E-state index contributed by atoms with van der Waals surface area (Å²) in [5.41, 5.74) is 4.13. The number of aryl methyl sites for hydroxylation is 1. The molecule has 2 aliphatic rings. The fraction of sp³-hybridized carbons (Fsp3) is 0.385. The molecule has 2 fully saturated rings. The Hall–Kier alpha value is -3.68. The number of amides is 1. The van der Waals surface area contributed by atoms with Crippen molar-refractivity contribution >= 4 is 16.9 Å². The third kappa shape index (κ3) is 3.83. The van der Waals surface area contributed by atoms with Gasteiger partial charge in [-0.2, -0.15) is 0 Å². The molecule has 174 valence electrons. The summed E-state index contributed by atoms with van der Waals surface area (Å²) in [6, 6.07) is 12.3. The predicted octanol–water partition coefficient (Wildman–Crippen LogP) is 4.46. The Morgan fingerprint density at radius 3 is 2.79 bits per heavy atom. The molecule has 8 nitrogen and oxygen atoms in total. The van der Waals surface area contributed by atoms with Crippen LogP contribution < -0.4 is 4.74 Å². The molecule has 2 bridgehead atoms. The van der Waals surface area contributed by atoms with Crippen LogP contribution in [0.1, 0.15) is 53.0 Å². The number of H-pyrrole nitrogens is 1. The summed E-state index contributed by atoms with van der Waals surface area (Å²) in [6.07, 6.45) is 9.10. The van der Waals surface area contributed by atoms with E-state index >= 15 is 0 Å². The molecule has 2 unspecified atom stereocenters. The molecule has 0 aliphatic carbocycles. The molecule has 1 N–H and O–H groups in total. The Labute approximate surface area is 197 Å². The van der Waals surface area contributed by atoms with E-state index in [1.165, 1.54) is 5.56 Å². The average molecular weight is 458 g/mol. The number of para-hydroxylation sites is 1. The van der Waals surface area contributed by atoms with E-state index in [4.69, 9.17) is 9.37 Å². The zero-order chi connectivity index (χ0) is 23.1. The first kappa shape index (κ1) is 20.9. The second kappa shape index (κ2) is 8.59. The Morgan fingerprint density at radius 1 is 1.18 bits per heavy atom. The number of hydrogen-bond acceptors (Lipinski definition) is 6. The number of piperidine rings is 1. The Balaban J connectivity index is 1.16. The van der Waals surface area contributed by atoms with E-state index < -0.39 is 0 Å². The first-order valence-electron chi connectivity index (χ1n) is 11.9. The van der Waals surface area contributed by atoms with Gasteiger partial charge in [0.1, 0.15) is 29.4 Å². The average Bonchev–Trinajstić information content (AvgIpc) is 3.55. The molecule has 6 rings (SSSR count). The maximum Gasteiger partial charge on any atom is 0.258 e. The highest BCUT2D eigenvalue weighted by molar-refractivity contribution is 5.97. The smallest absolute Gasteiger partial charge is 0.258 e. The van der Waals surface area contributed by atoms with E-state index in [9.17, 15) is 4.79 Å². The molecule has 3 aromatic heterocycles. The van der Waals surface area contributed by atoms with Crippen molar-refractivity contribution in [2.24, 2.45) is 5.92 Å². The number of nitrogens with zero attached hydrogens (tertiary/aromatic N) is 4. The van der Waals surface area contributed by atoms with E-state index in [1.807, 2.05) is 43.6 Å². The normalized spacial score (nSPS) is 21.8. The highest BCUT2D eigenvalue weighted by Gasteiger charge is 2.43. The summed E-state index contributed by atoms with van der Waals surface area (Å²) >= 11 is 0. The molecule has 5 heterocycles. The number of carbonyl (C=O) groups excluding carboxylic acids is 1. The van der Waals surface area contributed by atoms with Gasteiger partial charge in [-0.1, -0.05) is 22.4 Å². The molecule has 34 heavy (non-hydrogen) atoms. The van der Waals surface area contributed by atoms with Gasteiger partial charge in [-0.3, -0.25) is 4.79 Å². The number of carbonyl (C=O) groups is 1. The van der Waals surface area contributed by atoms with Gasteiger partial charge in [0.15, 0.2) is 0 Å². The van der Waals surface area contributed by atoms with Gasteiger partial charge in [-0.05, 0) is 74.8 Å². The Morgan fingerprint density at radius 2 is 2.00 bits per heavy atom. The molecular formula is C26H27N5O3. The van der Waals surface area contributed by atoms with Crippen molar-refractivity contribution in [3.05, 3.63) is 71.3 Å². The lowest BCUT2D eigenvalue weighted by atomic mass is 9.85. The van der Waals surface area contributed by atoms with Crippen molar-refractivity contribution < 1.29 is 14.2 Å². The standard InChI is InChI=1S/C26H27N5O3/c1-16-23(30-34-29-16)15-33-24-5-3-2-4-22(24)26(32)31-20-6-7-21(31)13-17(12-20)10-18-11-19-8-9-27-25(19)28-14-18/h2-5,8-9,11,14,17,20-21H,6-7,10,12-13,15H2,1H3,(H,27,28). The van der Waals surface area contributed by atoms with Gasteiger partial charge in [0, 0.05) is 29.9 Å². The van der Waals surface area contributed by atoms with Crippen molar-refractivity contribution in [3.63, 3.8) is 0 Å². The van der Waals surface area contributed by atoms with Crippen LogP contribution in [0.3, 0.4) is 0 Å². The number of aromatic amines is 1. The van der Waals surface area contributed by atoms with Crippen LogP contribution in [-0.2, 0) is 13.0 Å². The maximum absolute atomic E-state index is 13.7. The number of benzene rings is 1. The summed E-state index contributed by atoms with van der Waals surface area (Å²) in [4.78, 5) is 23.5. The molecule has 8 heteroatoms. The Bertz CT molecular complexity index is 1310. The molecule has 1 amide bonds. The van der Waals surface area contributed by atoms with Crippen LogP contribution in [0.25, 0.3) is 11.0 Å². The third-order valence-corrected chi connectivity index (χ3v) is 7.27. The Kier molecular flexibility index (Phi) is 5.28. The fourth-order valence-electron chi connectivity index (χ4n) is 5.65. The van der Waals surface area contributed by atoms with Crippen molar-refractivity contribution in [1.82, 2.24) is 25.2 Å². The lowest BCUT2D eigenvalue weighted by Gasteiger charge is -2.39. The topological polar surface area (TPSA) is 97.1 Å². The van der Waals surface area contributed by atoms with Crippen molar-refractivity contribution in [1.29, 1.82) is 0 Å². The number of nitrogens with one attached hydrogen (secondary N) is 1. The first-order chi connectivity index (χ1) is 16.7. The number of ether oxygens (including phenoxy) is 1. The van der Waals surface area contributed by atoms with E-state index in [0.717, 1.165) is 43.1 Å². The lowest BCUT2D eigenvalue weighted by molar-refractivity contribution is 0.0520. The number of aromatic nitrogens is 4. The summed E-state index contributed by atoms with van der Waals surface area (Å²) in [7, 11) is 0. The summed E-state index contributed by atoms with van der Waals surface area (Å²) in [6.45, 7) is 2.04. The van der Waals surface area contributed by atoms with Gasteiger partial charge < -0.3 is 14.6 Å². The minimum atomic E-state index is 0.0620. The van der Waals surface area contributed by atoms with Crippen molar-refractivity contribution in [2.45, 2.75) is 57.7 Å². The SMILES string of the molecule is Cc1nonc1COc1ccccc1C(=O)N1C2CCC1CC(Cc1cnc3[nH]ccc3c1)C2. The van der Waals surface area contributed by atoms with E-state index in [2.05, 4.69) is 37.3 Å². The number of fused-ring (bicyclic) bond motifs is 3. The quantitative estimate of drug-likeness (QED) is 0.459. The highest BCUT2D eigenvalue weighted by atomic mass is 16.6. The van der Waals surface area contributed by atoms with Gasteiger partial charge in [-0.15, -0.1) is 0 Å². The van der Waals surface area contributed by atoms with E-state index in [-0.39, 0.29) is 24.6 Å². The van der Waals surface area contributed by atoms with Crippen molar-refractivity contribution in [3.8, 4) is 5.75 Å². The van der Waals surface area contributed by atoms with E-state index in [1.54, 1.807) is 0 Å². The molecule has 0 spiro atoms. The second-order valence-electron chi connectivity index (χ2n) is 9.48. The van der Waals surface area contributed by atoms with Crippen LogP contribution in [0.5, 0.6) is 5.75 Å². The maximum atomic E-state index is 13.7. The number of rotatable bonds is 6. The summed E-state index contributed by atoms with van der Waals surface area (Å²) < 4.78 is 10.7. The van der Waals surface area contributed by atoms with Crippen LogP contribution in [0, 0.1) is 12.8 Å². The molecular weight excluding hydrogens is 430 g/mol. The van der Waals surface area contributed by atoms with Crippen molar-refractivity contribution in [2.75, 3.05) is 0 Å². The van der Waals surface area contributed by atoms with Gasteiger partial charge in [0.05, 0.1) is 5.56 Å². The molecule has 4 aromatic rings. The molecule has 2 atom stereocenters. The van der Waals surface area contributed by atoms with Crippen LogP contribution >= 0.6 is 0 Å².